The first kappa shape index (κ1) is 12.8. The normalized spacial score (nSPS) is 12.2. The van der Waals surface area contributed by atoms with Gasteiger partial charge in [0, 0.05) is 6.42 Å². The maximum absolute atomic E-state index is 11.0. The van der Waals surface area contributed by atoms with Crippen molar-refractivity contribution < 1.29 is 9.53 Å². The van der Waals surface area contributed by atoms with E-state index in [1.807, 2.05) is 24.3 Å². The average molecular weight is 220 g/mol. The Labute approximate surface area is 97.6 Å². The SMILES string of the molecule is CCCOc1ccc(C(C)CC(C)=O)cc1. The first-order valence-electron chi connectivity index (χ1n) is 5.85. The second kappa shape index (κ2) is 6.31. The van der Waals surface area contributed by atoms with E-state index in [2.05, 4.69) is 13.8 Å². The van der Waals surface area contributed by atoms with E-state index in [0.717, 1.165) is 18.8 Å². The first-order valence-corrected chi connectivity index (χ1v) is 5.85. The van der Waals surface area contributed by atoms with Gasteiger partial charge in [-0.25, -0.2) is 0 Å². The monoisotopic (exact) mass is 220 g/mol. The highest BCUT2D eigenvalue weighted by molar-refractivity contribution is 5.76. The number of Topliss-reactive ketones (excluding diaryl/α,β-unsaturated/α-hetero) is 1. The second-order valence-electron chi connectivity index (χ2n) is 4.22. The minimum Gasteiger partial charge on any atom is -0.494 e. The smallest absolute Gasteiger partial charge is 0.130 e. The van der Waals surface area contributed by atoms with Crippen molar-refractivity contribution in [3.63, 3.8) is 0 Å². The Hall–Kier alpha value is -1.31. The van der Waals surface area contributed by atoms with Crippen LogP contribution in [0.3, 0.4) is 0 Å². The van der Waals surface area contributed by atoms with Crippen molar-refractivity contribution in [2.75, 3.05) is 6.61 Å². The maximum Gasteiger partial charge on any atom is 0.130 e. The van der Waals surface area contributed by atoms with Crippen LogP contribution in [0.5, 0.6) is 5.75 Å². The third kappa shape index (κ3) is 4.05. The molecule has 0 aromatic heterocycles. The molecule has 0 fully saturated rings. The number of carbonyl (C=O) groups excluding carboxylic acids is 1. The van der Waals surface area contributed by atoms with Gasteiger partial charge in [0.25, 0.3) is 0 Å². The molecule has 2 heteroatoms. The molecule has 0 aliphatic carbocycles. The van der Waals surface area contributed by atoms with Gasteiger partial charge in [-0.2, -0.15) is 0 Å². The van der Waals surface area contributed by atoms with E-state index < -0.39 is 0 Å². The predicted molar refractivity (Wildman–Crippen MR) is 65.9 cm³/mol. The van der Waals surface area contributed by atoms with Crippen LogP contribution in [0.4, 0.5) is 0 Å². The van der Waals surface area contributed by atoms with E-state index in [1.54, 1.807) is 6.92 Å². The molecule has 0 N–H and O–H groups in total. The minimum absolute atomic E-state index is 0.235. The highest BCUT2D eigenvalue weighted by Crippen LogP contribution is 2.22. The van der Waals surface area contributed by atoms with E-state index in [1.165, 1.54) is 5.56 Å². The lowest BCUT2D eigenvalue weighted by Gasteiger charge is -2.11. The fraction of sp³-hybridized carbons (Fsp3) is 0.500. The fourth-order valence-corrected chi connectivity index (χ4v) is 1.66. The van der Waals surface area contributed by atoms with Gasteiger partial charge in [-0.15, -0.1) is 0 Å². The third-order valence-corrected chi connectivity index (χ3v) is 2.52. The minimum atomic E-state index is 0.235. The van der Waals surface area contributed by atoms with Crippen molar-refractivity contribution >= 4 is 5.78 Å². The van der Waals surface area contributed by atoms with Gasteiger partial charge in [-0.05, 0) is 37.0 Å². The summed E-state index contributed by atoms with van der Waals surface area (Å²) < 4.78 is 5.50. The molecule has 2 nitrogen and oxygen atoms in total. The summed E-state index contributed by atoms with van der Waals surface area (Å²) in [5, 5.41) is 0. The van der Waals surface area contributed by atoms with Gasteiger partial charge in [-0.3, -0.25) is 0 Å². The fourth-order valence-electron chi connectivity index (χ4n) is 1.66. The van der Waals surface area contributed by atoms with Crippen LogP contribution in [0.2, 0.25) is 0 Å². The Balaban J connectivity index is 2.59. The first-order chi connectivity index (χ1) is 7.63. The molecule has 0 saturated heterocycles. The molecule has 0 saturated carbocycles. The average Bonchev–Trinajstić information content (AvgIpc) is 2.26. The largest absolute Gasteiger partial charge is 0.494 e. The van der Waals surface area contributed by atoms with Crippen LogP contribution in [0.1, 0.15) is 45.1 Å². The zero-order chi connectivity index (χ0) is 12.0. The zero-order valence-corrected chi connectivity index (χ0v) is 10.3. The standard InChI is InChI=1S/C14H20O2/c1-4-9-16-14-7-5-13(6-8-14)11(2)10-12(3)15/h5-8,11H,4,9-10H2,1-3H3. The van der Waals surface area contributed by atoms with Crippen LogP contribution >= 0.6 is 0 Å². The summed E-state index contributed by atoms with van der Waals surface area (Å²) in [6, 6.07) is 8.03. The molecule has 0 bridgehead atoms. The lowest BCUT2D eigenvalue weighted by Crippen LogP contribution is -2.00. The van der Waals surface area contributed by atoms with E-state index in [9.17, 15) is 4.79 Å². The Morgan fingerprint density at radius 2 is 1.94 bits per heavy atom. The Morgan fingerprint density at radius 3 is 2.44 bits per heavy atom. The van der Waals surface area contributed by atoms with Crippen molar-refractivity contribution in [3.8, 4) is 5.75 Å². The summed E-state index contributed by atoms with van der Waals surface area (Å²) in [5.41, 5.74) is 1.19. The summed E-state index contributed by atoms with van der Waals surface area (Å²) in [4.78, 5) is 11.0. The zero-order valence-electron chi connectivity index (χ0n) is 10.3. The van der Waals surface area contributed by atoms with Crippen LogP contribution < -0.4 is 4.74 Å². The molecular weight excluding hydrogens is 200 g/mol. The molecule has 1 aromatic rings. The molecule has 0 aliphatic heterocycles. The van der Waals surface area contributed by atoms with E-state index in [4.69, 9.17) is 4.74 Å². The lowest BCUT2D eigenvalue weighted by atomic mass is 9.96. The van der Waals surface area contributed by atoms with Crippen molar-refractivity contribution in [2.24, 2.45) is 0 Å². The molecule has 1 unspecified atom stereocenters. The van der Waals surface area contributed by atoms with Gasteiger partial charge < -0.3 is 9.53 Å². The van der Waals surface area contributed by atoms with Crippen LogP contribution in [-0.2, 0) is 4.79 Å². The van der Waals surface area contributed by atoms with Gasteiger partial charge in [-0.1, -0.05) is 26.0 Å². The maximum atomic E-state index is 11.0. The number of hydrogen-bond donors (Lipinski definition) is 0. The number of hydrogen-bond acceptors (Lipinski definition) is 2. The van der Waals surface area contributed by atoms with Gasteiger partial charge >= 0.3 is 0 Å². The molecule has 0 spiro atoms. The van der Waals surface area contributed by atoms with Gasteiger partial charge in [0.2, 0.25) is 0 Å². The van der Waals surface area contributed by atoms with Gasteiger partial charge in [0.05, 0.1) is 6.61 Å². The Bertz CT molecular complexity index is 327. The summed E-state index contributed by atoms with van der Waals surface area (Å²) in [7, 11) is 0. The van der Waals surface area contributed by atoms with Crippen LogP contribution in [0.25, 0.3) is 0 Å². The van der Waals surface area contributed by atoms with Crippen molar-refractivity contribution in [1.29, 1.82) is 0 Å². The van der Waals surface area contributed by atoms with Crippen molar-refractivity contribution in [3.05, 3.63) is 29.8 Å². The number of benzene rings is 1. The highest BCUT2D eigenvalue weighted by atomic mass is 16.5. The molecule has 1 aromatic carbocycles. The Kier molecular flexibility index (Phi) is 5.03. The number of ether oxygens (including phenoxy) is 1. The summed E-state index contributed by atoms with van der Waals surface area (Å²) in [6.07, 6.45) is 1.62. The molecule has 0 amide bonds. The summed E-state index contributed by atoms with van der Waals surface area (Å²) in [6.45, 7) is 6.55. The number of carbonyl (C=O) groups is 1. The molecule has 1 rings (SSSR count). The molecular formula is C14H20O2. The van der Waals surface area contributed by atoms with E-state index in [-0.39, 0.29) is 11.7 Å². The van der Waals surface area contributed by atoms with Crippen molar-refractivity contribution in [1.82, 2.24) is 0 Å². The van der Waals surface area contributed by atoms with Gasteiger partial charge in [0.15, 0.2) is 0 Å². The molecule has 1 atom stereocenters. The Morgan fingerprint density at radius 1 is 1.31 bits per heavy atom. The molecule has 0 aliphatic rings. The van der Waals surface area contributed by atoms with Gasteiger partial charge in [0.1, 0.15) is 11.5 Å². The van der Waals surface area contributed by atoms with E-state index >= 15 is 0 Å². The summed E-state index contributed by atoms with van der Waals surface area (Å²) >= 11 is 0. The molecule has 16 heavy (non-hydrogen) atoms. The van der Waals surface area contributed by atoms with Crippen LogP contribution in [0.15, 0.2) is 24.3 Å². The predicted octanol–water partition coefficient (Wildman–Crippen LogP) is 3.56. The second-order valence-corrected chi connectivity index (χ2v) is 4.22. The topological polar surface area (TPSA) is 26.3 Å². The van der Waals surface area contributed by atoms with Crippen LogP contribution in [0, 0.1) is 0 Å². The third-order valence-electron chi connectivity index (χ3n) is 2.52. The number of ketones is 1. The van der Waals surface area contributed by atoms with Crippen LogP contribution in [-0.4, -0.2) is 12.4 Å². The molecule has 88 valence electrons. The molecule has 0 heterocycles. The lowest BCUT2D eigenvalue weighted by molar-refractivity contribution is -0.117. The quantitative estimate of drug-likeness (QED) is 0.732. The molecule has 0 radical (unpaired) electrons. The number of rotatable bonds is 6. The summed E-state index contributed by atoms with van der Waals surface area (Å²) in [5.74, 6) is 1.43. The van der Waals surface area contributed by atoms with E-state index in [0.29, 0.717) is 6.42 Å². The highest BCUT2D eigenvalue weighted by Gasteiger charge is 2.07. The van der Waals surface area contributed by atoms with Crippen molar-refractivity contribution in [2.45, 2.75) is 39.5 Å².